The van der Waals surface area contributed by atoms with E-state index in [9.17, 15) is 9.59 Å². The lowest BCUT2D eigenvalue weighted by atomic mass is 10.1. The third-order valence-electron chi connectivity index (χ3n) is 5.25. The Morgan fingerprint density at radius 2 is 1.83 bits per heavy atom. The van der Waals surface area contributed by atoms with E-state index in [0.717, 1.165) is 16.9 Å². The lowest BCUT2D eigenvalue weighted by molar-refractivity contribution is -0.114. The number of aryl methyl sites for hydroxylation is 1. The largest absolute Gasteiger partial charge is 0.461 e. The number of amides is 3. The number of amidine groups is 1. The molecule has 1 aromatic heterocycles. The molecular weight excluding hydrogens is 380 g/mol. The molecule has 5 rings (SSSR count). The molecule has 0 spiro atoms. The number of urea groups is 1. The van der Waals surface area contributed by atoms with Crippen LogP contribution in [-0.4, -0.2) is 42.3 Å². The minimum absolute atomic E-state index is 0.0921. The molecule has 7 heteroatoms. The Morgan fingerprint density at radius 1 is 1.07 bits per heavy atom. The Morgan fingerprint density at radius 3 is 2.63 bits per heavy atom. The van der Waals surface area contributed by atoms with E-state index in [0.29, 0.717) is 36.1 Å². The van der Waals surface area contributed by atoms with Crippen molar-refractivity contribution in [2.24, 2.45) is 4.99 Å². The van der Waals surface area contributed by atoms with Crippen LogP contribution in [0, 0.1) is 6.92 Å². The first-order valence-electron chi connectivity index (χ1n) is 9.80. The molecule has 0 bridgehead atoms. The van der Waals surface area contributed by atoms with Gasteiger partial charge >= 0.3 is 6.03 Å². The van der Waals surface area contributed by atoms with Crippen molar-refractivity contribution >= 4 is 29.1 Å². The summed E-state index contributed by atoms with van der Waals surface area (Å²) in [5.74, 6) is 1.88. The first-order valence-corrected chi connectivity index (χ1v) is 9.80. The summed E-state index contributed by atoms with van der Waals surface area (Å²) in [5.41, 5.74) is 3.00. The zero-order valence-electron chi connectivity index (χ0n) is 16.5. The van der Waals surface area contributed by atoms with E-state index in [1.165, 1.54) is 4.90 Å². The molecule has 150 valence electrons. The van der Waals surface area contributed by atoms with Crippen molar-refractivity contribution in [1.29, 1.82) is 0 Å². The average molecular weight is 400 g/mol. The number of nitrogens with zero attached hydrogens (tertiary/aromatic N) is 3. The third kappa shape index (κ3) is 3.04. The molecule has 0 aliphatic carbocycles. The van der Waals surface area contributed by atoms with Gasteiger partial charge < -0.3 is 9.73 Å². The second-order valence-electron chi connectivity index (χ2n) is 7.25. The maximum Gasteiger partial charge on any atom is 0.330 e. The fraction of sp³-hybridized carbons (Fsp3) is 0.174. The summed E-state index contributed by atoms with van der Waals surface area (Å²) < 4.78 is 5.72. The Labute approximate surface area is 173 Å². The monoisotopic (exact) mass is 400 g/mol. The number of anilines is 2. The van der Waals surface area contributed by atoms with Gasteiger partial charge in [-0.1, -0.05) is 24.3 Å². The highest BCUT2D eigenvalue weighted by Gasteiger charge is 2.37. The Kier molecular flexibility index (Phi) is 4.35. The number of benzene rings is 2. The van der Waals surface area contributed by atoms with Crippen molar-refractivity contribution < 1.29 is 14.0 Å². The number of aliphatic imine (C=N–C) groups is 1. The number of rotatable bonds is 4. The quantitative estimate of drug-likeness (QED) is 0.722. The van der Waals surface area contributed by atoms with Crippen LogP contribution in [0.15, 0.2) is 70.1 Å². The molecule has 7 nitrogen and oxygen atoms in total. The highest BCUT2D eigenvalue weighted by Crippen LogP contribution is 2.32. The Balaban J connectivity index is 1.41. The summed E-state index contributed by atoms with van der Waals surface area (Å²) in [5, 5.41) is 2.94. The van der Waals surface area contributed by atoms with Crippen LogP contribution in [0.4, 0.5) is 16.2 Å². The van der Waals surface area contributed by atoms with Crippen molar-refractivity contribution in [1.82, 2.24) is 4.90 Å². The van der Waals surface area contributed by atoms with Gasteiger partial charge in [0.15, 0.2) is 0 Å². The molecule has 0 saturated heterocycles. The van der Waals surface area contributed by atoms with Gasteiger partial charge in [0.1, 0.15) is 23.9 Å². The maximum absolute atomic E-state index is 13.0. The molecule has 0 atom stereocenters. The fourth-order valence-electron chi connectivity index (χ4n) is 3.88. The van der Waals surface area contributed by atoms with Gasteiger partial charge in [0, 0.05) is 17.7 Å². The minimum Gasteiger partial charge on any atom is -0.461 e. The number of carbonyl (C=O) groups is 2. The predicted octanol–water partition coefficient (Wildman–Crippen LogP) is 3.90. The standard InChI is InChI=1S/C23H20N4O3/c1-15-10-11-20(30-15)16-6-2-4-8-18(16)25-21(28)14-27-19-9-5-3-7-17(19)22-24-12-13-26(22)23(27)29/h2-11H,12-14H2,1H3,(H,25,28). The number of furan rings is 1. The normalized spacial score (nSPS) is 15.0. The zero-order chi connectivity index (χ0) is 20.7. The van der Waals surface area contributed by atoms with Crippen molar-refractivity contribution in [3.8, 4) is 11.3 Å². The van der Waals surface area contributed by atoms with Gasteiger partial charge in [0.05, 0.1) is 17.9 Å². The van der Waals surface area contributed by atoms with Crippen LogP contribution in [0.25, 0.3) is 11.3 Å². The van der Waals surface area contributed by atoms with Gasteiger partial charge in [0.2, 0.25) is 5.91 Å². The molecule has 2 aromatic carbocycles. The van der Waals surface area contributed by atoms with Crippen molar-refractivity contribution in [2.45, 2.75) is 6.92 Å². The zero-order valence-corrected chi connectivity index (χ0v) is 16.5. The molecule has 0 radical (unpaired) electrons. The van der Waals surface area contributed by atoms with Crippen LogP contribution in [0.3, 0.4) is 0 Å². The molecule has 30 heavy (non-hydrogen) atoms. The van der Waals surface area contributed by atoms with Crippen LogP contribution < -0.4 is 10.2 Å². The SMILES string of the molecule is Cc1ccc(-c2ccccc2NC(=O)CN2C(=O)N3CCN=C3c3ccccc32)o1. The summed E-state index contributed by atoms with van der Waals surface area (Å²) in [7, 11) is 0. The molecule has 0 saturated carbocycles. The topological polar surface area (TPSA) is 78.2 Å². The van der Waals surface area contributed by atoms with E-state index in [1.807, 2.05) is 67.6 Å². The van der Waals surface area contributed by atoms with Crippen LogP contribution in [-0.2, 0) is 4.79 Å². The van der Waals surface area contributed by atoms with Gasteiger partial charge in [-0.2, -0.15) is 0 Å². The molecule has 3 heterocycles. The fourth-order valence-corrected chi connectivity index (χ4v) is 3.88. The maximum atomic E-state index is 13.0. The van der Waals surface area contributed by atoms with E-state index in [4.69, 9.17) is 4.42 Å². The van der Waals surface area contributed by atoms with Gasteiger partial charge in [-0.15, -0.1) is 0 Å². The summed E-state index contributed by atoms with van der Waals surface area (Å²) in [4.78, 5) is 33.6. The van der Waals surface area contributed by atoms with Gasteiger partial charge in [-0.05, 0) is 43.3 Å². The number of hydrogen-bond donors (Lipinski definition) is 1. The minimum atomic E-state index is -0.284. The summed E-state index contributed by atoms with van der Waals surface area (Å²) >= 11 is 0. The Bertz CT molecular complexity index is 1180. The molecule has 0 unspecified atom stereocenters. The van der Waals surface area contributed by atoms with Crippen LogP contribution in [0.2, 0.25) is 0 Å². The van der Waals surface area contributed by atoms with E-state index >= 15 is 0 Å². The van der Waals surface area contributed by atoms with Crippen LogP contribution >= 0.6 is 0 Å². The Hall–Kier alpha value is -3.87. The number of fused-ring (bicyclic) bond motifs is 3. The van der Waals surface area contributed by atoms with E-state index in [2.05, 4.69) is 10.3 Å². The highest BCUT2D eigenvalue weighted by molar-refractivity contribution is 6.21. The third-order valence-corrected chi connectivity index (χ3v) is 5.25. The molecule has 3 aromatic rings. The summed E-state index contributed by atoms with van der Waals surface area (Å²) in [6.07, 6.45) is 0. The number of nitrogens with one attached hydrogen (secondary N) is 1. The second-order valence-corrected chi connectivity index (χ2v) is 7.25. The van der Waals surface area contributed by atoms with E-state index in [1.54, 1.807) is 4.90 Å². The summed E-state index contributed by atoms with van der Waals surface area (Å²) in [6, 6.07) is 18.5. The van der Waals surface area contributed by atoms with Crippen LogP contribution in [0.5, 0.6) is 0 Å². The number of para-hydroxylation sites is 2. The summed E-state index contributed by atoms with van der Waals surface area (Å²) in [6.45, 7) is 2.89. The first kappa shape index (κ1) is 18.2. The van der Waals surface area contributed by atoms with Crippen molar-refractivity contribution in [3.63, 3.8) is 0 Å². The van der Waals surface area contributed by atoms with Crippen molar-refractivity contribution in [2.75, 3.05) is 29.9 Å². The molecule has 2 aliphatic heterocycles. The van der Waals surface area contributed by atoms with E-state index < -0.39 is 0 Å². The van der Waals surface area contributed by atoms with E-state index in [-0.39, 0.29) is 18.5 Å². The lowest BCUT2D eigenvalue weighted by Gasteiger charge is -2.34. The molecule has 2 aliphatic rings. The van der Waals surface area contributed by atoms with Gasteiger partial charge in [-0.25, -0.2) is 4.79 Å². The molecular formula is C23H20N4O3. The predicted molar refractivity (Wildman–Crippen MR) is 115 cm³/mol. The molecule has 0 fully saturated rings. The molecule has 3 amide bonds. The number of hydrogen-bond acceptors (Lipinski definition) is 4. The first-order chi connectivity index (χ1) is 14.6. The lowest BCUT2D eigenvalue weighted by Crippen LogP contribution is -2.52. The molecule has 1 N–H and O–H groups in total. The van der Waals surface area contributed by atoms with Crippen molar-refractivity contribution in [3.05, 3.63) is 72.0 Å². The van der Waals surface area contributed by atoms with Gasteiger partial charge in [-0.3, -0.25) is 19.6 Å². The van der Waals surface area contributed by atoms with Gasteiger partial charge in [0.25, 0.3) is 0 Å². The second kappa shape index (κ2) is 7.18. The highest BCUT2D eigenvalue weighted by atomic mass is 16.3. The average Bonchev–Trinajstić information content (AvgIpc) is 3.41. The number of carbonyl (C=O) groups excluding carboxylic acids is 2. The smallest absolute Gasteiger partial charge is 0.330 e. The van der Waals surface area contributed by atoms with Crippen LogP contribution in [0.1, 0.15) is 11.3 Å².